The summed E-state index contributed by atoms with van der Waals surface area (Å²) in [4.78, 5) is 20.5. The minimum Gasteiger partial charge on any atom is -0.293 e. The van der Waals surface area contributed by atoms with E-state index in [-0.39, 0.29) is 5.56 Å². The lowest BCUT2D eigenvalue weighted by atomic mass is 10.1. The van der Waals surface area contributed by atoms with Gasteiger partial charge in [-0.1, -0.05) is 72.4 Å². The lowest BCUT2D eigenvalue weighted by molar-refractivity contribution is 0.240. The normalized spacial score (nSPS) is 14.2. The van der Waals surface area contributed by atoms with E-state index in [0.717, 1.165) is 35.1 Å². The molecule has 0 atom stereocenters. The van der Waals surface area contributed by atoms with E-state index in [1.807, 2.05) is 35.1 Å². The first-order valence-electron chi connectivity index (χ1n) is 10.1. The number of thioether (sulfide) groups is 1. The molecule has 0 saturated carbocycles. The van der Waals surface area contributed by atoms with Gasteiger partial charge in [-0.25, -0.2) is 4.98 Å². The van der Waals surface area contributed by atoms with E-state index in [1.165, 1.54) is 21.8 Å². The van der Waals surface area contributed by atoms with Crippen molar-refractivity contribution in [3.8, 4) is 0 Å². The van der Waals surface area contributed by atoms with E-state index in [0.29, 0.717) is 25.3 Å². The molecule has 6 nitrogen and oxygen atoms in total. The highest BCUT2D eigenvalue weighted by Crippen LogP contribution is 2.21. The SMILES string of the molecule is CSc1nn2c(=O)c3c(nc2n1Cc1ccccc1)CN(Cc1ccccc1)CC3. The Morgan fingerprint density at radius 1 is 0.967 bits per heavy atom. The summed E-state index contributed by atoms with van der Waals surface area (Å²) in [5.41, 5.74) is 4.08. The summed E-state index contributed by atoms with van der Waals surface area (Å²) in [7, 11) is 0. The molecule has 0 amide bonds. The van der Waals surface area contributed by atoms with Gasteiger partial charge in [0.1, 0.15) is 0 Å². The molecule has 0 unspecified atom stereocenters. The lowest BCUT2D eigenvalue weighted by Crippen LogP contribution is -2.36. The van der Waals surface area contributed by atoms with Crippen molar-refractivity contribution in [2.75, 3.05) is 12.8 Å². The third-order valence-electron chi connectivity index (χ3n) is 5.55. The van der Waals surface area contributed by atoms with Crippen molar-refractivity contribution >= 4 is 17.5 Å². The predicted octanol–water partition coefficient (Wildman–Crippen LogP) is 3.22. The fourth-order valence-corrected chi connectivity index (χ4v) is 4.57. The molecule has 3 heterocycles. The first-order chi connectivity index (χ1) is 14.7. The van der Waals surface area contributed by atoms with Crippen LogP contribution in [0.4, 0.5) is 0 Å². The summed E-state index contributed by atoms with van der Waals surface area (Å²) in [5.74, 6) is 0.619. The number of fused-ring (bicyclic) bond motifs is 2. The summed E-state index contributed by atoms with van der Waals surface area (Å²) >= 11 is 1.54. The van der Waals surface area contributed by atoms with Crippen LogP contribution < -0.4 is 5.56 Å². The Balaban J connectivity index is 1.53. The maximum Gasteiger partial charge on any atom is 0.279 e. The van der Waals surface area contributed by atoms with Crippen LogP contribution in [0.3, 0.4) is 0 Å². The zero-order valence-electron chi connectivity index (χ0n) is 16.9. The summed E-state index contributed by atoms with van der Waals surface area (Å²) in [6, 6.07) is 20.7. The predicted molar refractivity (Wildman–Crippen MR) is 119 cm³/mol. The van der Waals surface area contributed by atoms with Gasteiger partial charge in [0.2, 0.25) is 5.78 Å². The molecule has 0 fully saturated rings. The Hall–Kier alpha value is -2.90. The molecule has 0 aliphatic carbocycles. The van der Waals surface area contributed by atoms with Gasteiger partial charge in [0.25, 0.3) is 5.56 Å². The van der Waals surface area contributed by atoms with Crippen molar-refractivity contribution in [1.82, 2.24) is 24.1 Å². The molecule has 2 aromatic carbocycles. The molecule has 7 heteroatoms. The molecule has 0 radical (unpaired) electrons. The average molecular weight is 418 g/mol. The van der Waals surface area contributed by atoms with E-state index >= 15 is 0 Å². The Morgan fingerprint density at radius 3 is 2.30 bits per heavy atom. The number of aromatic nitrogens is 4. The molecule has 4 aromatic rings. The van der Waals surface area contributed by atoms with Crippen LogP contribution in [0.2, 0.25) is 0 Å². The third kappa shape index (κ3) is 3.55. The molecule has 0 saturated heterocycles. The first kappa shape index (κ1) is 19.1. The summed E-state index contributed by atoms with van der Waals surface area (Å²) in [6.07, 6.45) is 2.69. The zero-order valence-corrected chi connectivity index (χ0v) is 17.7. The van der Waals surface area contributed by atoms with Crippen LogP contribution in [-0.2, 0) is 26.1 Å². The molecule has 0 bridgehead atoms. The maximum absolute atomic E-state index is 13.2. The second-order valence-electron chi connectivity index (χ2n) is 7.56. The number of rotatable bonds is 5. The highest BCUT2D eigenvalue weighted by molar-refractivity contribution is 7.98. The molecule has 0 N–H and O–H groups in total. The van der Waals surface area contributed by atoms with Crippen molar-refractivity contribution in [2.24, 2.45) is 0 Å². The van der Waals surface area contributed by atoms with Crippen molar-refractivity contribution in [3.63, 3.8) is 0 Å². The molecule has 2 aromatic heterocycles. The monoisotopic (exact) mass is 417 g/mol. The summed E-state index contributed by atoms with van der Waals surface area (Å²) in [5, 5.41) is 5.37. The smallest absolute Gasteiger partial charge is 0.279 e. The largest absolute Gasteiger partial charge is 0.293 e. The highest BCUT2D eigenvalue weighted by atomic mass is 32.2. The molecule has 1 aliphatic heterocycles. The molecular formula is C23H23N5OS. The Morgan fingerprint density at radius 2 is 1.63 bits per heavy atom. The van der Waals surface area contributed by atoms with Crippen LogP contribution >= 0.6 is 11.8 Å². The number of hydrogen-bond donors (Lipinski definition) is 0. The Kier molecular flexibility index (Phi) is 5.14. The van der Waals surface area contributed by atoms with Gasteiger partial charge in [-0.2, -0.15) is 4.52 Å². The van der Waals surface area contributed by atoms with Crippen LogP contribution in [0.25, 0.3) is 5.78 Å². The van der Waals surface area contributed by atoms with Gasteiger partial charge < -0.3 is 0 Å². The van der Waals surface area contributed by atoms with E-state index < -0.39 is 0 Å². The first-order valence-corrected chi connectivity index (χ1v) is 11.3. The van der Waals surface area contributed by atoms with Crippen LogP contribution in [0.1, 0.15) is 22.4 Å². The van der Waals surface area contributed by atoms with Crippen LogP contribution in [-0.4, -0.2) is 36.9 Å². The lowest BCUT2D eigenvalue weighted by Gasteiger charge is -2.27. The van der Waals surface area contributed by atoms with Gasteiger partial charge in [-0.05, 0) is 23.8 Å². The molecule has 1 aliphatic rings. The summed E-state index contributed by atoms with van der Waals surface area (Å²) in [6.45, 7) is 3.03. The second-order valence-corrected chi connectivity index (χ2v) is 8.33. The fraction of sp³-hybridized carbons (Fsp3) is 0.261. The van der Waals surface area contributed by atoms with Gasteiger partial charge in [0.05, 0.1) is 12.2 Å². The van der Waals surface area contributed by atoms with Gasteiger partial charge >= 0.3 is 0 Å². The quantitative estimate of drug-likeness (QED) is 0.467. The Bertz CT molecular complexity index is 1230. The van der Waals surface area contributed by atoms with Crippen LogP contribution in [0, 0.1) is 0 Å². The Labute approximate surface area is 179 Å². The molecular weight excluding hydrogens is 394 g/mol. The van der Waals surface area contributed by atoms with Crippen molar-refractivity contribution < 1.29 is 0 Å². The number of hydrogen-bond acceptors (Lipinski definition) is 5. The molecule has 0 spiro atoms. The number of benzene rings is 2. The molecule has 5 rings (SSSR count). The fourth-order valence-electron chi connectivity index (χ4n) is 4.04. The van der Waals surface area contributed by atoms with Crippen molar-refractivity contribution in [1.29, 1.82) is 0 Å². The minimum atomic E-state index is -0.0310. The zero-order chi connectivity index (χ0) is 20.5. The number of nitrogens with zero attached hydrogens (tertiary/aromatic N) is 5. The minimum absolute atomic E-state index is 0.0310. The van der Waals surface area contributed by atoms with Crippen molar-refractivity contribution in [2.45, 2.75) is 31.2 Å². The highest BCUT2D eigenvalue weighted by Gasteiger charge is 2.24. The molecule has 152 valence electrons. The van der Waals surface area contributed by atoms with E-state index in [9.17, 15) is 4.79 Å². The molecule has 30 heavy (non-hydrogen) atoms. The topological polar surface area (TPSA) is 55.4 Å². The average Bonchev–Trinajstić information content (AvgIpc) is 3.13. The standard InChI is InChI=1S/C23H23N5OS/c1-30-23-25-28-21(29)19-12-13-26(14-17-8-4-2-5-9-17)16-20(19)24-22(28)27(23)15-18-10-6-3-7-11-18/h2-11H,12-16H2,1H3. The van der Waals surface area contributed by atoms with Crippen LogP contribution in [0.5, 0.6) is 0 Å². The van der Waals surface area contributed by atoms with Gasteiger partial charge in [-0.3, -0.25) is 14.3 Å². The van der Waals surface area contributed by atoms with Crippen molar-refractivity contribution in [3.05, 3.63) is 93.4 Å². The summed E-state index contributed by atoms with van der Waals surface area (Å²) < 4.78 is 3.53. The van der Waals surface area contributed by atoms with Crippen LogP contribution in [0.15, 0.2) is 70.6 Å². The van der Waals surface area contributed by atoms with Gasteiger partial charge in [0.15, 0.2) is 5.16 Å². The van der Waals surface area contributed by atoms with Gasteiger partial charge in [-0.15, -0.1) is 5.10 Å². The van der Waals surface area contributed by atoms with E-state index in [1.54, 1.807) is 0 Å². The maximum atomic E-state index is 13.2. The van der Waals surface area contributed by atoms with E-state index in [2.05, 4.69) is 46.4 Å². The second kappa shape index (κ2) is 8.08. The third-order valence-corrected chi connectivity index (χ3v) is 6.21. The van der Waals surface area contributed by atoms with E-state index in [4.69, 9.17) is 4.98 Å². The van der Waals surface area contributed by atoms with Gasteiger partial charge in [0, 0.05) is 25.2 Å².